The summed E-state index contributed by atoms with van der Waals surface area (Å²) in [7, 11) is 1.54. The van der Waals surface area contributed by atoms with E-state index in [0.29, 0.717) is 4.47 Å². The maximum Gasteiger partial charge on any atom is 0.387 e. The molecule has 0 saturated carbocycles. The Morgan fingerprint density at radius 1 is 1.48 bits per heavy atom. The zero-order chi connectivity index (χ0) is 17.1. The van der Waals surface area contributed by atoms with Gasteiger partial charge in [0.1, 0.15) is 10.8 Å². The molecule has 0 aliphatic rings. The van der Waals surface area contributed by atoms with E-state index in [1.165, 1.54) is 17.8 Å². The Kier molecular flexibility index (Phi) is 5.59. The largest absolute Gasteiger partial charge is 0.461 e. The van der Waals surface area contributed by atoms with Gasteiger partial charge in [0.15, 0.2) is 5.69 Å². The van der Waals surface area contributed by atoms with Crippen molar-refractivity contribution >= 4 is 33.5 Å². The third-order valence-corrected chi connectivity index (χ3v) is 3.72. The number of rotatable bonds is 5. The van der Waals surface area contributed by atoms with Crippen LogP contribution >= 0.6 is 27.5 Å². The standard InChI is InChI=1S/C14H12BrClF2N2O3/c1-3-22-13(21)11-10(16)12(20(2)19-11)8-5-4-7(15)6-9(8)23-14(17)18/h4-6,14H,3H2,1-2H3. The molecular formula is C14H12BrClF2N2O3. The molecule has 1 aromatic carbocycles. The van der Waals surface area contributed by atoms with Gasteiger partial charge in [-0.1, -0.05) is 27.5 Å². The van der Waals surface area contributed by atoms with Crippen LogP contribution in [0.15, 0.2) is 22.7 Å². The predicted molar refractivity (Wildman–Crippen MR) is 83.9 cm³/mol. The Hall–Kier alpha value is -1.67. The van der Waals surface area contributed by atoms with E-state index in [9.17, 15) is 13.6 Å². The Morgan fingerprint density at radius 2 is 2.17 bits per heavy atom. The number of aromatic nitrogens is 2. The van der Waals surface area contributed by atoms with Gasteiger partial charge in [0, 0.05) is 17.1 Å². The lowest BCUT2D eigenvalue weighted by atomic mass is 10.1. The number of carbonyl (C=O) groups excluding carboxylic acids is 1. The molecule has 2 aromatic rings. The molecule has 0 fully saturated rings. The number of halogens is 4. The van der Waals surface area contributed by atoms with E-state index in [1.807, 2.05) is 0 Å². The number of benzene rings is 1. The highest BCUT2D eigenvalue weighted by Crippen LogP contribution is 2.38. The topological polar surface area (TPSA) is 53.3 Å². The van der Waals surface area contributed by atoms with Crippen LogP contribution in [-0.4, -0.2) is 29.0 Å². The van der Waals surface area contributed by atoms with E-state index >= 15 is 0 Å². The number of nitrogens with zero attached hydrogens (tertiary/aromatic N) is 2. The summed E-state index contributed by atoms with van der Waals surface area (Å²) in [6.07, 6.45) is 0. The average molecular weight is 410 g/mol. The van der Waals surface area contributed by atoms with Crippen LogP contribution in [0.5, 0.6) is 5.75 Å². The van der Waals surface area contributed by atoms with Gasteiger partial charge in [-0.3, -0.25) is 4.68 Å². The van der Waals surface area contributed by atoms with E-state index in [4.69, 9.17) is 16.3 Å². The first-order valence-corrected chi connectivity index (χ1v) is 7.66. The third kappa shape index (κ3) is 3.81. The summed E-state index contributed by atoms with van der Waals surface area (Å²) >= 11 is 9.39. The first kappa shape index (κ1) is 17.7. The third-order valence-electron chi connectivity index (χ3n) is 2.87. The Bertz CT molecular complexity index is 737. The van der Waals surface area contributed by atoms with Gasteiger partial charge in [-0.2, -0.15) is 13.9 Å². The number of ether oxygens (including phenoxy) is 2. The van der Waals surface area contributed by atoms with E-state index in [-0.39, 0.29) is 34.3 Å². The van der Waals surface area contributed by atoms with Crippen molar-refractivity contribution in [2.24, 2.45) is 7.05 Å². The van der Waals surface area contributed by atoms with Crippen molar-refractivity contribution in [2.75, 3.05) is 6.61 Å². The van der Waals surface area contributed by atoms with Gasteiger partial charge in [-0.05, 0) is 25.1 Å². The molecule has 2 rings (SSSR count). The molecule has 0 spiro atoms. The molecule has 0 bridgehead atoms. The molecule has 1 aromatic heterocycles. The summed E-state index contributed by atoms with van der Waals surface area (Å²) in [5.74, 6) is -0.775. The molecule has 9 heteroatoms. The number of alkyl halides is 2. The second-order valence-corrected chi connectivity index (χ2v) is 5.67. The molecule has 1 heterocycles. The smallest absolute Gasteiger partial charge is 0.387 e. The fourth-order valence-corrected chi connectivity index (χ4v) is 2.68. The molecule has 124 valence electrons. The number of hydrogen-bond acceptors (Lipinski definition) is 4. The summed E-state index contributed by atoms with van der Waals surface area (Å²) in [5, 5.41) is 4.01. The van der Waals surface area contributed by atoms with Crippen LogP contribution in [0.25, 0.3) is 11.3 Å². The molecular weight excluding hydrogens is 398 g/mol. The molecule has 23 heavy (non-hydrogen) atoms. The second kappa shape index (κ2) is 7.27. The van der Waals surface area contributed by atoms with Crippen LogP contribution in [-0.2, 0) is 11.8 Å². The normalized spacial score (nSPS) is 10.9. The van der Waals surface area contributed by atoms with Crippen molar-refractivity contribution in [2.45, 2.75) is 13.5 Å². The quantitative estimate of drug-likeness (QED) is 0.692. The average Bonchev–Trinajstić information content (AvgIpc) is 2.75. The molecule has 5 nitrogen and oxygen atoms in total. The Morgan fingerprint density at radius 3 is 2.78 bits per heavy atom. The van der Waals surface area contributed by atoms with Gasteiger partial charge in [0.05, 0.1) is 12.3 Å². The SMILES string of the molecule is CCOC(=O)c1nn(C)c(-c2ccc(Br)cc2OC(F)F)c1Cl. The monoisotopic (exact) mass is 408 g/mol. The van der Waals surface area contributed by atoms with Gasteiger partial charge in [-0.15, -0.1) is 0 Å². The zero-order valence-electron chi connectivity index (χ0n) is 12.1. The maximum absolute atomic E-state index is 12.6. The van der Waals surface area contributed by atoms with Crippen molar-refractivity contribution in [3.63, 3.8) is 0 Å². The summed E-state index contributed by atoms with van der Waals surface area (Å²) < 4.78 is 36.5. The van der Waals surface area contributed by atoms with Crippen LogP contribution in [0.1, 0.15) is 17.4 Å². The molecule has 0 atom stereocenters. The van der Waals surface area contributed by atoms with E-state index < -0.39 is 12.6 Å². The maximum atomic E-state index is 12.6. The van der Waals surface area contributed by atoms with Crippen LogP contribution in [0.3, 0.4) is 0 Å². The van der Waals surface area contributed by atoms with E-state index in [1.54, 1.807) is 19.1 Å². The summed E-state index contributed by atoms with van der Waals surface area (Å²) in [6, 6.07) is 4.56. The summed E-state index contributed by atoms with van der Waals surface area (Å²) in [5.41, 5.74) is 0.471. The minimum absolute atomic E-state index is 0.00684. The zero-order valence-corrected chi connectivity index (χ0v) is 14.5. The van der Waals surface area contributed by atoms with Crippen molar-refractivity contribution in [1.82, 2.24) is 9.78 Å². The van der Waals surface area contributed by atoms with Crippen molar-refractivity contribution in [1.29, 1.82) is 0 Å². The summed E-state index contributed by atoms with van der Waals surface area (Å²) in [6.45, 7) is -1.18. The predicted octanol–water partition coefficient (Wildman–Crippen LogP) is 4.28. The number of esters is 1. The van der Waals surface area contributed by atoms with E-state index in [0.717, 1.165) is 0 Å². The summed E-state index contributed by atoms with van der Waals surface area (Å²) in [4.78, 5) is 11.8. The highest BCUT2D eigenvalue weighted by molar-refractivity contribution is 9.10. The number of aryl methyl sites for hydroxylation is 1. The van der Waals surface area contributed by atoms with Gasteiger partial charge < -0.3 is 9.47 Å². The lowest BCUT2D eigenvalue weighted by Crippen LogP contribution is -2.06. The highest BCUT2D eigenvalue weighted by Gasteiger charge is 2.25. The lowest BCUT2D eigenvalue weighted by molar-refractivity contribution is -0.0495. The van der Waals surface area contributed by atoms with E-state index in [2.05, 4.69) is 25.8 Å². The van der Waals surface area contributed by atoms with Gasteiger partial charge in [0.25, 0.3) is 0 Å². The minimum Gasteiger partial charge on any atom is -0.461 e. The molecule has 0 aliphatic heterocycles. The molecule has 0 unspecified atom stereocenters. The molecule has 0 aliphatic carbocycles. The van der Waals surface area contributed by atoms with Crippen molar-refractivity contribution in [3.05, 3.63) is 33.4 Å². The fourth-order valence-electron chi connectivity index (χ4n) is 2.01. The van der Waals surface area contributed by atoms with Crippen LogP contribution < -0.4 is 4.74 Å². The lowest BCUT2D eigenvalue weighted by Gasteiger charge is -2.12. The van der Waals surface area contributed by atoms with Crippen LogP contribution in [0.4, 0.5) is 8.78 Å². The first-order chi connectivity index (χ1) is 10.8. The van der Waals surface area contributed by atoms with Crippen LogP contribution in [0, 0.1) is 0 Å². The van der Waals surface area contributed by atoms with Crippen molar-refractivity contribution < 1.29 is 23.0 Å². The minimum atomic E-state index is -3.00. The van der Waals surface area contributed by atoms with Gasteiger partial charge >= 0.3 is 12.6 Å². The molecule has 0 N–H and O–H groups in total. The number of carbonyl (C=O) groups is 1. The second-order valence-electron chi connectivity index (χ2n) is 4.37. The van der Waals surface area contributed by atoms with Crippen molar-refractivity contribution in [3.8, 4) is 17.0 Å². The Labute approximate surface area is 144 Å². The molecule has 0 radical (unpaired) electrons. The molecule has 0 saturated heterocycles. The van der Waals surface area contributed by atoms with Gasteiger partial charge in [0.2, 0.25) is 0 Å². The van der Waals surface area contributed by atoms with Crippen LogP contribution in [0.2, 0.25) is 5.02 Å². The highest BCUT2D eigenvalue weighted by atomic mass is 79.9. The Balaban J connectivity index is 2.57. The van der Waals surface area contributed by atoms with Gasteiger partial charge in [-0.25, -0.2) is 4.79 Å². The fraction of sp³-hybridized carbons (Fsp3) is 0.286. The number of hydrogen-bond donors (Lipinski definition) is 0. The first-order valence-electron chi connectivity index (χ1n) is 6.49. The molecule has 0 amide bonds.